The summed E-state index contributed by atoms with van der Waals surface area (Å²) in [6.07, 6.45) is 5.06. The molecule has 0 unspecified atom stereocenters. The summed E-state index contributed by atoms with van der Waals surface area (Å²) in [5.74, 6) is 0.571. The number of anilines is 1. The van der Waals surface area contributed by atoms with Gasteiger partial charge in [-0.2, -0.15) is 0 Å². The van der Waals surface area contributed by atoms with Crippen molar-refractivity contribution in [3.05, 3.63) is 24.3 Å². The third kappa shape index (κ3) is 3.63. The lowest BCUT2D eigenvalue weighted by atomic mass is 10.2. The average Bonchev–Trinajstić information content (AvgIpc) is 2.82. The van der Waals surface area contributed by atoms with E-state index in [0.717, 1.165) is 24.3 Å². The molecule has 0 heterocycles. The first kappa shape index (κ1) is 12.2. The topological polar surface area (TPSA) is 38.3 Å². The van der Waals surface area contributed by atoms with Crippen molar-refractivity contribution in [1.82, 2.24) is 0 Å². The van der Waals surface area contributed by atoms with Crippen LogP contribution in [0.1, 0.15) is 25.7 Å². The molecule has 1 aromatic rings. The summed E-state index contributed by atoms with van der Waals surface area (Å²) >= 11 is 5.44. The fourth-order valence-corrected chi connectivity index (χ4v) is 2.11. The Labute approximate surface area is 106 Å². The van der Waals surface area contributed by atoms with Crippen molar-refractivity contribution in [3.63, 3.8) is 0 Å². The van der Waals surface area contributed by atoms with Gasteiger partial charge in [0.15, 0.2) is 0 Å². The van der Waals surface area contributed by atoms with Crippen LogP contribution in [0.5, 0.6) is 5.75 Å². The number of benzene rings is 1. The Morgan fingerprint density at radius 1 is 1.41 bits per heavy atom. The van der Waals surface area contributed by atoms with Gasteiger partial charge in [0, 0.05) is 11.8 Å². The average molecular weight is 254 g/mol. The second-order valence-electron chi connectivity index (χ2n) is 4.23. The molecule has 1 aromatic carbocycles. The van der Waals surface area contributed by atoms with Gasteiger partial charge in [0.2, 0.25) is 5.91 Å². The molecule has 1 saturated carbocycles. The molecular weight excluding hydrogens is 238 g/mol. The molecule has 0 aliphatic heterocycles. The largest absolute Gasteiger partial charge is 0.490 e. The van der Waals surface area contributed by atoms with E-state index in [9.17, 15) is 4.79 Å². The molecule has 0 atom stereocenters. The SMILES string of the molecule is O=C(CCl)Nc1cccc(OC2CCCC2)c1. The molecule has 92 valence electrons. The number of hydrogen-bond acceptors (Lipinski definition) is 2. The third-order valence-corrected chi connectivity index (χ3v) is 3.09. The number of amides is 1. The number of carbonyl (C=O) groups excluding carboxylic acids is 1. The van der Waals surface area contributed by atoms with Crippen molar-refractivity contribution in [2.45, 2.75) is 31.8 Å². The first-order chi connectivity index (χ1) is 8.28. The number of rotatable bonds is 4. The monoisotopic (exact) mass is 253 g/mol. The standard InChI is InChI=1S/C13H16ClNO2/c14-9-13(16)15-10-4-3-7-12(8-10)17-11-5-1-2-6-11/h3-4,7-8,11H,1-2,5-6,9H2,(H,15,16). The fourth-order valence-electron chi connectivity index (χ4n) is 2.04. The minimum absolute atomic E-state index is 0.0340. The van der Waals surface area contributed by atoms with Crippen LogP contribution >= 0.6 is 11.6 Å². The lowest BCUT2D eigenvalue weighted by molar-refractivity contribution is -0.113. The zero-order chi connectivity index (χ0) is 12.1. The van der Waals surface area contributed by atoms with E-state index in [1.165, 1.54) is 12.8 Å². The Morgan fingerprint density at radius 2 is 2.18 bits per heavy atom. The fraction of sp³-hybridized carbons (Fsp3) is 0.462. The number of halogens is 1. The van der Waals surface area contributed by atoms with Crippen LogP contribution in [-0.4, -0.2) is 17.9 Å². The first-order valence-electron chi connectivity index (χ1n) is 5.90. The Bertz CT molecular complexity index is 389. The summed E-state index contributed by atoms with van der Waals surface area (Å²) in [4.78, 5) is 11.2. The summed E-state index contributed by atoms with van der Waals surface area (Å²) in [5, 5.41) is 2.71. The van der Waals surface area contributed by atoms with E-state index in [-0.39, 0.29) is 11.8 Å². The van der Waals surface area contributed by atoms with Crippen molar-refractivity contribution >= 4 is 23.2 Å². The molecular formula is C13H16ClNO2. The highest BCUT2D eigenvalue weighted by Crippen LogP contribution is 2.25. The number of nitrogens with one attached hydrogen (secondary N) is 1. The van der Waals surface area contributed by atoms with Crippen LogP contribution in [0.25, 0.3) is 0 Å². The Kier molecular flexibility index (Phi) is 4.26. The zero-order valence-electron chi connectivity index (χ0n) is 9.62. The molecule has 1 aliphatic carbocycles. The smallest absolute Gasteiger partial charge is 0.239 e. The number of ether oxygens (including phenoxy) is 1. The molecule has 0 aromatic heterocycles. The number of carbonyl (C=O) groups is 1. The van der Waals surface area contributed by atoms with Crippen molar-refractivity contribution in [3.8, 4) is 5.75 Å². The van der Waals surface area contributed by atoms with E-state index in [1.807, 2.05) is 24.3 Å². The molecule has 1 N–H and O–H groups in total. The molecule has 0 bridgehead atoms. The highest BCUT2D eigenvalue weighted by Gasteiger charge is 2.16. The maximum Gasteiger partial charge on any atom is 0.239 e. The maximum atomic E-state index is 11.2. The van der Waals surface area contributed by atoms with Gasteiger partial charge in [-0.05, 0) is 37.8 Å². The molecule has 0 saturated heterocycles. The molecule has 1 amide bonds. The third-order valence-electron chi connectivity index (χ3n) is 2.84. The maximum absolute atomic E-state index is 11.2. The van der Waals surface area contributed by atoms with E-state index in [0.29, 0.717) is 6.10 Å². The van der Waals surface area contributed by atoms with E-state index in [4.69, 9.17) is 16.3 Å². The second-order valence-corrected chi connectivity index (χ2v) is 4.50. The Hall–Kier alpha value is -1.22. The van der Waals surface area contributed by atoms with E-state index >= 15 is 0 Å². The van der Waals surface area contributed by atoms with Gasteiger partial charge >= 0.3 is 0 Å². The van der Waals surface area contributed by atoms with Gasteiger partial charge in [-0.3, -0.25) is 4.79 Å². The van der Waals surface area contributed by atoms with Crippen molar-refractivity contribution in [1.29, 1.82) is 0 Å². The van der Waals surface area contributed by atoms with Crippen LogP contribution in [0, 0.1) is 0 Å². The van der Waals surface area contributed by atoms with E-state index in [1.54, 1.807) is 0 Å². The van der Waals surface area contributed by atoms with Gasteiger partial charge in [0.25, 0.3) is 0 Å². The zero-order valence-corrected chi connectivity index (χ0v) is 10.4. The van der Waals surface area contributed by atoms with Crippen LogP contribution in [0.15, 0.2) is 24.3 Å². The summed E-state index contributed by atoms with van der Waals surface area (Å²) in [7, 11) is 0. The van der Waals surface area contributed by atoms with Crippen molar-refractivity contribution < 1.29 is 9.53 Å². The van der Waals surface area contributed by atoms with Crippen LogP contribution < -0.4 is 10.1 Å². The summed E-state index contributed by atoms with van der Waals surface area (Å²) in [6, 6.07) is 7.44. The van der Waals surface area contributed by atoms with Gasteiger partial charge < -0.3 is 10.1 Å². The highest BCUT2D eigenvalue weighted by atomic mass is 35.5. The van der Waals surface area contributed by atoms with Gasteiger partial charge in [-0.25, -0.2) is 0 Å². The summed E-state index contributed by atoms with van der Waals surface area (Å²) in [6.45, 7) is 0. The van der Waals surface area contributed by atoms with Crippen molar-refractivity contribution in [2.24, 2.45) is 0 Å². The van der Waals surface area contributed by atoms with Crippen LogP contribution in [0.2, 0.25) is 0 Å². The molecule has 17 heavy (non-hydrogen) atoms. The lowest BCUT2D eigenvalue weighted by Crippen LogP contribution is -2.13. The van der Waals surface area contributed by atoms with Crippen LogP contribution in [-0.2, 0) is 4.79 Å². The predicted octanol–water partition coefficient (Wildman–Crippen LogP) is 3.19. The van der Waals surface area contributed by atoms with Gasteiger partial charge in [0.1, 0.15) is 11.6 Å². The highest BCUT2D eigenvalue weighted by molar-refractivity contribution is 6.29. The second kappa shape index (κ2) is 5.92. The molecule has 0 spiro atoms. The Morgan fingerprint density at radius 3 is 2.88 bits per heavy atom. The molecule has 0 radical (unpaired) electrons. The molecule has 1 fully saturated rings. The number of hydrogen-bond donors (Lipinski definition) is 1. The van der Waals surface area contributed by atoms with Gasteiger partial charge in [-0.1, -0.05) is 6.07 Å². The molecule has 1 aliphatic rings. The normalized spacial score (nSPS) is 15.8. The summed E-state index contributed by atoms with van der Waals surface area (Å²) in [5.41, 5.74) is 0.728. The van der Waals surface area contributed by atoms with E-state index in [2.05, 4.69) is 5.32 Å². The van der Waals surface area contributed by atoms with Gasteiger partial charge in [-0.15, -0.1) is 11.6 Å². The molecule has 3 nitrogen and oxygen atoms in total. The number of alkyl halides is 1. The first-order valence-corrected chi connectivity index (χ1v) is 6.44. The van der Waals surface area contributed by atoms with Crippen LogP contribution in [0.4, 0.5) is 5.69 Å². The van der Waals surface area contributed by atoms with Crippen LogP contribution in [0.3, 0.4) is 0 Å². The molecule has 4 heteroatoms. The minimum Gasteiger partial charge on any atom is -0.490 e. The van der Waals surface area contributed by atoms with Crippen molar-refractivity contribution in [2.75, 3.05) is 11.2 Å². The quantitative estimate of drug-likeness (QED) is 0.837. The minimum atomic E-state index is -0.204. The van der Waals surface area contributed by atoms with E-state index < -0.39 is 0 Å². The lowest BCUT2D eigenvalue weighted by Gasteiger charge is -2.13. The summed E-state index contributed by atoms with van der Waals surface area (Å²) < 4.78 is 5.85. The molecule has 2 rings (SSSR count). The predicted molar refractivity (Wildman–Crippen MR) is 68.7 cm³/mol. The van der Waals surface area contributed by atoms with Gasteiger partial charge in [0.05, 0.1) is 6.10 Å². The Balaban J connectivity index is 1.97.